The van der Waals surface area contributed by atoms with E-state index >= 15 is 0 Å². The fraction of sp³-hybridized carbons (Fsp3) is 0.500. The molecule has 2 aromatic heterocycles. The molecule has 2 fully saturated rings. The van der Waals surface area contributed by atoms with Crippen molar-refractivity contribution in [3.8, 4) is 0 Å². The lowest BCUT2D eigenvalue weighted by molar-refractivity contribution is 0.0745. The third-order valence-electron chi connectivity index (χ3n) is 5.58. The molecule has 2 aliphatic rings. The van der Waals surface area contributed by atoms with Gasteiger partial charge in [0, 0.05) is 45.0 Å². The average Bonchev–Trinajstić information content (AvgIpc) is 2.74. The van der Waals surface area contributed by atoms with E-state index in [0.717, 1.165) is 24.4 Å². The number of hydrogen-bond donors (Lipinski definition) is 0. The maximum atomic E-state index is 13.3. The van der Waals surface area contributed by atoms with Crippen LogP contribution in [0.15, 0.2) is 30.6 Å². The molecule has 0 N–H and O–H groups in total. The first-order chi connectivity index (χ1) is 13.6. The molecule has 0 radical (unpaired) electrons. The van der Waals surface area contributed by atoms with Crippen molar-refractivity contribution >= 4 is 17.5 Å². The Balaban J connectivity index is 1.36. The Morgan fingerprint density at radius 3 is 2.46 bits per heavy atom. The van der Waals surface area contributed by atoms with Gasteiger partial charge in [-0.2, -0.15) is 0 Å². The summed E-state index contributed by atoms with van der Waals surface area (Å²) in [5, 5.41) is 8.87. The topological polar surface area (TPSA) is 65.5 Å². The Morgan fingerprint density at radius 2 is 1.79 bits per heavy atom. The highest BCUT2D eigenvalue weighted by Gasteiger charge is 2.24. The minimum Gasteiger partial charge on any atom is -0.352 e. The second kappa shape index (κ2) is 8.08. The van der Waals surface area contributed by atoms with Crippen LogP contribution in [-0.4, -0.2) is 64.8 Å². The van der Waals surface area contributed by atoms with E-state index in [4.69, 9.17) is 0 Å². The van der Waals surface area contributed by atoms with Crippen LogP contribution < -0.4 is 9.80 Å². The van der Waals surface area contributed by atoms with Gasteiger partial charge in [-0.1, -0.05) is 0 Å². The number of anilines is 2. The third-order valence-corrected chi connectivity index (χ3v) is 5.58. The van der Waals surface area contributed by atoms with E-state index in [9.17, 15) is 9.18 Å². The van der Waals surface area contributed by atoms with Crippen molar-refractivity contribution in [1.29, 1.82) is 0 Å². The average molecular weight is 384 g/mol. The van der Waals surface area contributed by atoms with Crippen molar-refractivity contribution in [1.82, 2.24) is 20.1 Å². The predicted octanol–water partition coefficient (Wildman–Crippen LogP) is 2.35. The summed E-state index contributed by atoms with van der Waals surface area (Å²) in [6, 6.07) is 5.78. The number of carbonyl (C=O) groups is 1. The second-order valence-corrected chi connectivity index (χ2v) is 7.46. The molecule has 1 amide bonds. The van der Waals surface area contributed by atoms with E-state index in [1.807, 2.05) is 12.1 Å². The molecule has 1 atom stereocenters. The molecule has 148 valence electrons. The minimum absolute atomic E-state index is 0.188. The zero-order chi connectivity index (χ0) is 19.5. The molecule has 0 bridgehead atoms. The molecule has 0 aromatic carbocycles. The van der Waals surface area contributed by atoms with Crippen LogP contribution in [0.5, 0.6) is 0 Å². The van der Waals surface area contributed by atoms with Gasteiger partial charge in [-0.05, 0) is 44.4 Å². The SMILES string of the molecule is CC1CCCCN1c1ccc(N2CCN(C(=O)c3cncc(F)c3)CC2)nn1. The molecule has 4 heterocycles. The number of piperazine rings is 1. The number of halogens is 1. The first-order valence-corrected chi connectivity index (χ1v) is 9.87. The van der Waals surface area contributed by atoms with E-state index in [-0.39, 0.29) is 11.5 Å². The first-order valence-electron chi connectivity index (χ1n) is 9.87. The zero-order valence-corrected chi connectivity index (χ0v) is 16.1. The highest BCUT2D eigenvalue weighted by molar-refractivity contribution is 5.94. The van der Waals surface area contributed by atoms with E-state index in [1.165, 1.54) is 31.5 Å². The Labute approximate surface area is 164 Å². The van der Waals surface area contributed by atoms with Crippen LogP contribution in [0, 0.1) is 5.82 Å². The first kappa shape index (κ1) is 18.6. The summed E-state index contributed by atoms with van der Waals surface area (Å²) in [5.74, 6) is 1.08. The van der Waals surface area contributed by atoms with Crippen molar-refractivity contribution in [3.05, 3.63) is 42.0 Å². The van der Waals surface area contributed by atoms with Gasteiger partial charge in [0.1, 0.15) is 5.82 Å². The molecular formula is C20H25FN6O. The summed E-state index contributed by atoms with van der Waals surface area (Å²) < 4.78 is 13.3. The van der Waals surface area contributed by atoms with Gasteiger partial charge in [0.25, 0.3) is 5.91 Å². The monoisotopic (exact) mass is 384 g/mol. The predicted molar refractivity (Wildman–Crippen MR) is 105 cm³/mol. The lowest BCUT2D eigenvalue weighted by atomic mass is 10.0. The third kappa shape index (κ3) is 3.90. The summed E-state index contributed by atoms with van der Waals surface area (Å²) in [6.07, 6.45) is 6.17. The van der Waals surface area contributed by atoms with Gasteiger partial charge in [-0.25, -0.2) is 4.39 Å². The normalized spacial score (nSPS) is 20.4. The molecule has 0 spiro atoms. The summed E-state index contributed by atoms with van der Waals surface area (Å²) in [6.45, 7) is 5.72. The molecule has 7 nitrogen and oxygen atoms in total. The van der Waals surface area contributed by atoms with Gasteiger partial charge in [0.05, 0.1) is 11.8 Å². The largest absolute Gasteiger partial charge is 0.352 e. The maximum Gasteiger partial charge on any atom is 0.255 e. The molecule has 0 saturated carbocycles. The standard InChI is InChI=1S/C20H25FN6O/c1-15-4-2-3-7-27(15)19-6-5-18(23-24-19)25-8-10-26(11-9-25)20(28)16-12-17(21)14-22-13-16/h5-6,12-15H,2-4,7-11H2,1H3. The van der Waals surface area contributed by atoms with Crippen LogP contribution >= 0.6 is 0 Å². The number of nitrogens with zero attached hydrogens (tertiary/aromatic N) is 6. The molecule has 8 heteroatoms. The molecule has 0 aliphatic carbocycles. The maximum absolute atomic E-state index is 13.3. The summed E-state index contributed by atoms with van der Waals surface area (Å²) >= 11 is 0. The number of amides is 1. The highest BCUT2D eigenvalue weighted by Crippen LogP contribution is 2.24. The molecule has 1 unspecified atom stereocenters. The quantitative estimate of drug-likeness (QED) is 0.809. The summed E-state index contributed by atoms with van der Waals surface area (Å²) in [4.78, 5) is 22.5. The van der Waals surface area contributed by atoms with Crippen LogP contribution in [0.2, 0.25) is 0 Å². The minimum atomic E-state index is -0.497. The molecule has 2 saturated heterocycles. The van der Waals surface area contributed by atoms with E-state index < -0.39 is 5.82 Å². The molecule has 28 heavy (non-hydrogen) atoms. The Hall–Kier alpha value is -2.77. The van der Waals surface area contributed by atoms with Gasteiger partial charge in [-0.15, -0.1) is 10.2 Å². The van der Waals surface area contributed by atoms with Crippen molar-refractivity contribution in [2.75, 3.05) is 42.5 Å². The molecular weight excluding hydrogens is 359 g/mol. The number of carbonyl (C=O) groups excluding carboxylic acids is 1. The summed E-state index contributed by atoms with van der Waals surface area (Å²) in [5.41, 5.74) is 0.285. The lowest BCUT2D eigenvalue weighted by Gasteiger charge is -2.36. The van der Waals surface area contributed by atoms with Crippen molar-refractivity contribution < 1.29 is 9.18 Å². The highest BCUT2D eigenvalue weighted by atomic mass is 19.1. The van der Waals surface area contributed by atoms with Crippen LogP contribution in [0.4, 0.5) is 16.0 Å². The van der Waals surface area contributed by atoms with Gasteiger partial charge in [0.15, 0.2) is 11.6 Å². The zero-order valence-electron chi connectivity index (χ0n) is 16.1. The summed E-state index contributed by atoms with van der Waals surface area (Å²) in [7, 11) is 0. The Kier molecular flexibility index (Phi) is 5.36. The van der Waals surface area contributed by atoms with E-state index in [1.54, 1.807) is 4.90 Å². The van der Waals surface area contributed by atoms with Crippen LogP contribution in [0.25, 0.3) is 0 Å². The van der Waals surface area contributed by atoms with Crippen LogP contribution in [0.1, 0.15) is 36.5 Å². The Morgan fingerprint density at radius 1 is 1.04 bits per heavy atom. The number of aromatic nitrogens is 3. The van der Waals surface area contributed by atoms with Crippen LogP contribution in [-0.2, 0) is 0 Å². The smallest absolute Gasteiger partial charge is 0.255 e. The number of hydrogen-bond acceptors (Lipinski definition) is 6. The fourth-order valence-electron chi connectivity index (χ4n) is 3.93. The van der Waals surface area contributed by atoms with Crippen molar-refractivity contribution in [2.45, 2.75) is 32.2 Å². The molecule has 2 aromatic rings. The lowest BCUT2D eigenvalue weighted by Crippen LogP contribution is -2.49. The molecule has 2 aliphatic heterocycles. The molecule has 4 rings (SSSR count). The number of pyridine rings is 1. The fourth-order valence-corrected chi connectivity index (χ4v) is 3.93. The number of piperidine rings is 1. The van der Waals surface area contributed by atoms with Gasteiger partial charge >= 0.3 is 0 Å². The van der Waals surface area contributed by atoms with E-state index in [2.05, 4.69) is 31.9 Å². The van der Waals surface area contributed by atoms with Gasteiger partial charge in [-0.3, -0.25) is 9.78 Å². The van der Waals surface area contributed by atoms with Crippen LogP contribution in [0.3, 0.4) is 0 Å². The van der Waals surface area contributed by atoms with Crippen molar-refractivity contribution in [2.24, 2.45) is 0 Å². The van der Waals surface area contributed by atoms with Gasteiger partial charge < -0.3 is 14.7 Å². The van der Waals surface area contributed by atoms with Crippen molar-refractivity contribution in [3.63, 3.8) is 0 Å². The Bertz CT molecular complexity index is 822. The second-order valence-electron chi connectivity index (χ2n) is 7.46. The van der Waals surface area contributed by atoms with E-state index in [0.29, 0.717) is 32.2 Å². The number of rotatable bonds is 3. The van der Waals surface area contributed by atoms with Gasteiger partial charge in [0.2, 0.25) is 0 Å².